The monoisotopic (exact) mass is 423 g/mol. The summed E-state index contributed by atoms with van der Waals surface area (Å²) in [5.41, 5.74) is 1.60. The van der Waals surface area contributed by atoms with Gasteiger partial charge in [0.25, 0.3) is 5.56 Å². The summed E-state index contributed by atoms with van der Waals surface area (Å²) in [6.45, 7) is 0.544. The summed E-state index contributed by atoms with van der Waals surface area (Å²) >= 11 is 0. The first-order chi connectivity index (χ1) is 14.8. The lowest BCUT2D eigenvalue weighted by molar-refractivity contribution is -0.168. The topological polar surface area (TPSA) is 102 Å². The Labute approximate surface area is 179 Å². The number of carbonyl (C=O) groups excluding carboxylic acids is 1. The summed E-state index contributed by atoms with van der Waals surface area (Å²) in [5.74, 6) is -0.113. The van der Waals surface area contributed by atoms with Gasteiger partial charge in [-0.2, -0.15) is 5.26 Å². The molecule has 3 aromatic rings. The third kappa shape index (κ3) is 4.15. The van der Waals surface area contributed by atoms with E-state index in [4.69, 9.17) is 4.84 Å². The minimum absolute atomic E-state index is 0.113. The molecule has 0 unspecified atom stereocenters. The minimum atomic E-state index is -0.403. The number of hydrogen-bond donors (Lipinski definition) is 0. The highest BCUT2D eigenvalue weighted by atomic mass is 16.7. The van der Waals surface area contributed by atoms with E-state index in [9.17, 15) is 19.6 Å². The van der Waals surface area contributed by atoms with Gasteiger partial charge in [-0.05, 0) is 25.0 Å². The van der Waals surface area contributed by atoms with Gasteiger partial charge in [-0.3, -0.25) is 23.6 Å². The fourth-order valence-corrected chi connectivity index (χ4v) is 3.63. The van der Waals surface area contributed by atoms with E-state index >= 15 is 0 Å². The number of nitriles is 1. The number of nitrogens with zero attached hydrogens (tertiary/aromatic N) is 5. The zero-order valence-corrected chi connectivity index (χ0v) is 18.1. The molecule has 0 fully saturated rings. The third-order valence-electron chi connectivity index (χ3n) is 5.44. The molecule has 0 saturated heterocycles. The summed E-state index contributed by atoms with van der Waals surface area (Å²) in [4.78, 5) is 42.2. The highest BCUT2D eigenvalue weighted by Crippen LogP contribution is 2.29. The average molecular weight is 423 g/mol. The Morgan fingerprint density at radius 2 is 1.94 bits per heavy atom. The largest absolute Gasteiger partial charge is 0.345 e. The normalized spacial score (nSPS) is 10.9. The van der Waals surface area contributed by atoms with Gasteiger partial charge in [0, 0.05) is 45.9 Å². The predicted molar refractivity (Wildman–Crippen MR) is 116 cm³/mol. The van der Waals surface area contributed by atoms with Crippen molar-refractivity contribution in [1.82, 2.24) is 18.8 Å². The molecule has 0 atom stereocenters. The smallest absolute Gasteiger partial charge is 0.330 e. The standard InChI is InChI=1S/C22H25N5O4/c1-24-17-14-27(11-6-5-10-18(28)26(3)31-4)20(16-9-7-8-15(12-16)13-23)19(17)21(29)25(2)22(24)30/h7-9,12,14H,5-6,10-11H2,1-4H3. The molecule has 0 spiro atoms. The fourth-order valence-electron chi connectivity index (χ4n) is 3.63. The molecule has 9 nitrogen and oxygen atoms in total. The van der Waals surface area contributed by atoms with Crippen molar-refractivity contribution >= 4 is 16.8 Å². The van der Waals surface area contributed by atoms with Crippen molar-refractivity contribution in [2.75, 3.05) is 14.2 Å². The molecule has 0 aliphatic rings. The summed E-state index contributed by atoms with van der Waals surface area (Å²) in [5, 5.41) is 10.9. The van der Waals surface area contributed by atoms with Crippen LogP contribution < -0.4 is 11.2 Å². The van der Waals surface area contributed by atoms with Crippen LogP contribution in [-0.4, -0.2) is 38.8 Å². The number of rotatable bonds is 7. The second kappa shape index (κ2) is 9.02. The second-order valence-electron chi connectivity index (χ2n) is 7.36. The van der Waals surface area contributed by atoms with Gasteiger partial charge < -0.3 is 4.57 Å². The molecule has 1 aromatic carbocycles. The molecule has 2 aromatic heterocycles. The van der Waals surface area contributed by atoms with Gasteiger partial charge in [0.2, 0.25) is 5.91 Å². The van der Waals surface area contributed by atoms with E-state index in [2.05, 4.69) is 6.07 Å². The van der Waals surface area contributed by atoms with Crippen LogP contribution in [0.15, 0.2) is 40.1 Å². The quantitative estimate of drug-likeness (QED) is 0.426. The van der Waals surface area contributed by atoms with E-state index in [1.165, 1.54) is 23.8 Å². The van der Waals surface area contributed by atoms with Crippen molar-refractivity contribution < 1.29 is 9.63 Å². The Bertz CT molecular complexity index is 1290. The lowest BCUT2D eigenvalue weighted by Crippen LogP contribution is -2.36. The maximum atomic E-state index is 13.0. The first kappa shape index (κ1) is 22.1. The highest BCUT2D eigenvalue weighted by Gasteiger charge is 2.19. The fraction of sp³-hybridized carbons (Fsp3) is 0.364. The number of hydroxylamine groups is 2. The molecule has 0 N–H and O–H groups in total. The van der Waals surface area contributed by atoms with E-state index < -0.39 is 5.69 Å². The Balaban J connectivity index is 2.06. The van der Waals surface area contributed by atoms with Crippen LogP contribution in [0, 0.1) is 11.3 Å². The SMILES string of the molecule is CON(C)C(=O)CCCCn1cc2c(c1-c1cccc(C#N)c1)c(=O)n(C)c(=O)n2C. The molecule has 0 bridgehead atoms. The van der Waals surface area contributed by atoms with Gasteiger partial charge in [-0.1, -0.05) is 12.1 Å². The van der Waals surface area contributed by atoms with Crippen LogP contribution in [0.5, 0.6) is 0 Å². The van der Waals surface area contributed by atoms with E-state index in [-0.39, 0.29) is 11.5 Å². The molecular formula is C22H25N5O4. The maximum Gasteiger partial charge on any atom is 0.330 e. The molecule has 162 valence electrons. The van der Waals surface area contributed by atoms with Gasteiger partial charge >= 0.3 is 5.69 Å². The number of benzene rings is 1. The van der Waals surface area contributed by atoms with E-state index in [1.807, 2.05) is 10.6 Å². The van der Waals surface area contributed by atoms with Crippen molar-refractivity contribution in [3.05, 3.63) is 56.9 Å². The molecule has 3 rings (SSSR count). The zero-order chi connectivity index (χ0) is 22.7. The van der Waals surface area contributed by atoms with E-state index in [0.717, 1.165) is 10.1 Å². The van der Waals surface area contributed by atoms with Crippen molar-refractivity contribution in [3.63, 3.8) is 0 Å². The second-order valence-corrected chi connectivity index (χ2v) is 7.36. The average Bonchev–Trinajstić information content (AvgIpc) is 3.17. The van der Waals surface area contributed by atoms with Gasteiger partial charge in [0.15, 0.2) is 0 Å². The minimum Gasteiger partial charge on any atom is -0.345 e. The third-order valence-corrected chi connectivity index (χ3v) is 5.44. The first-order valence-electron chi connectivity index (χ1n) is 9.90. The first-order valence-corrected chi connectivity index (χ1v) is 9.90. The molecule has 0 saturated carbocycles. The van der Waals surface area contributed by atoms with Crippen LogP contribution in [0.1, 0.15) is 24.8 Å². The molecule has 1 amide bonds. The number of aryl methyl sites for hydroxylation is 2. The number of unbranched alkanes of at least 4 members (excludes halogenated alkanes) is 1. The van der Waals surface area contributed by atoms with Crippen molar-refractivity contribution in [2.45, 2.75) is 25.8 Å². The maximum absolute atomic E-state index is 13.0. The van der Waals surface area contributed by atoms with E-state index in [0.29, 0.717) is 48.0 Å². The Kier molecular flexibility index (Phi) is 6.42. The molecule has 2 heterocycles. The van der Waals surface area contributed by atoms with Crippen molar-refractivity contribution in [3.8, 4) is 17.3 Å². The van der Waals surface area contributed by atoms with Crippen molar-refractivity contribution in [2.24, 2.45) is 14.1 Å². The summed E-state index contributed by atoms with van der Waals surface area (Å²) in [6.07, 6.45) is 3.44. The van der Waals surface area contributed by atoms with Gasteiger partial charge in [-0.25, -0.2) is 9.86 Å². The molecule has 0 radical (unpaired) electrons. The van der Waals surface area contributed by atoms with E-state index in [1.54, 1.807) is 38.5 Å². The van der Waals surface area contributed by atoms with Crippen LogP contribution in [0.4, 0.5) is 0 Å². The van der Waals surface area contributed by atoms with Crippen LogP contribution in [0.2, 0.25) is 0 Å². The zero-order valence-electron chi connectivity index (χ0n) is 18.1. The van der Waals surface area contributed by atoms with Crippen LogP contribution in [-0.2, 0) is 30.3 Å². The Morgan fingerprint density at radius 3 is 2.61 bits per heavy atom. The molecule has 0 aliphatic carbocycles. The van der Waals surface area contributed by atoms with Crippen LogP contribution in [0.25, 0.3) is 22.2 Å². The highest BCUT2D eigenvalue weighted by molar-refractivity contribution is 5.93. The van der Waals surface area contributed by atoms with Gasteiger partial charge in [0.1, 0.15) is 0 Å². The number of carbonyl (C=O) groups is 1. The predicted octanol–water partition coefficient (Wildman–Crippen LogP) is 1.77. The van der Waals surface area contributed by atoms with Crippen LogP contribution in [0.3, 0.4) is 0 Å². The molecule has 0 aliphatic heterocycles. The number of fused-ring (bicyclic) bond motifs is 1. The van der Waals surface area contributed by atoms with Crippen molar-refractivity contribution in [1.29, 1.82) is 5.26 Å². The number of aromatic nitrogens is 3. The summed E-state index contributed by atoms with van der Waals surface area (Å²) < 4.78 is 4.46. The Morgan fingerprint density at radius 1 is 1.19 bits per heavy atom. The molecular weight excluding hydrogens is 398 g/mol. The van der Waals surface area contributed by atoms with Gasteiger partial charge in [-0.15, -0.1) is 0 Å². The lowest BCUT2D eigenvalue weighted by atomic mass is 10.1. The molecule has 31 heavy (non-hydrogen) atoms. The molecule has 9 heteroatoms. The Hall–Kier alpha value is -3.64. The number of amides is 1. The summed E-state index contributed by atoms with van der Waals surface area (Å²) in [7, 11) is 6.09. The lowest BCUT2D eigenvalue weighted by Gasteiger charge is -2.14. The number of hydrogen-bond acceptors (Lipinski definition) is 5. The van der Waals surface area contributed by atoms with Gasteiger partial charge in [0.05, 0.1) is 35.3 Å². The summed E-state index contributed by atoms with van der Waals surface area (Å²) in [6, 6.07) is 9.16. The van der Waals surface area contributed by atoms with Crippen LogP contribution >= 0.6 is 0 Å².